The molecule has 0 bridgehead atoms. The van der Waals surface area contributed by atoms with Gasteiger partial charge in [0.15, 0.2) is 6.19 Å². The maximum Gasteiger partial charge on any atom is 0.264 e. The molecule has 0 radical (unpaired) electrons. The van der Waals surface area contributed by atoms with Gasteiger partial charge in [0, 0.05) is 19.0 Å². The fourth-order valence-corrected chi connectivity index (χ4v) is 3.19. The second-order valence-electron chi connectivity index (χ2n) is 6.98. The van der Waals surface area contributed by atoms with Gasteiger partial charge < -0.3 is 14.8 Å². The van der Waals surface area contributed by atoms with Crippen LogP contribution < -0.4 is 10.1 Å². The number of halogens is 1. The van der Waals surface area contributed by atoms with Crippen molar-refractivity contribution in [2.75, 3.05) is 26.9 Å². The predicted octanol–water partition coefficient (Wildman–Crippen LogP) is 1.62. The van der Waals surface area contributed by atoms with Crippen LogP contribution in [0.2, 0.25) is 0 Å². The first kappa shape index (κ1) is 22.1. The molecular formula is C22H23FN4O4. The van der Waals surface area contributed by atoms with E-state index in [-0.39, 0.29) is 32.8 Å². The number of fused-ring (bicyclic) bond motifs is 1. The number of hydrogen-bond acceptors (Lipinski definition) is 6. The summed E-state index contributed by atoms with van der Waals surface area (Å²) >= 11 is 0. The Balaban J connectivity index is 1.90. The molecule has 2 aromatic rings. The summed E-state index contributed by atoms with van der Waals surface area (Å²) in [7, 11) is 1.43. The first-order chi connectivity index (χ1) is 15.0. The van der Waals surface area contributed by atoms with Crippen LogP contribution >= 0.6 is 0 Å². The van der Waals surface area contributed by atoms with Gasteiger partial charge in [0.05, 0.1) is 13.2 Å². The molecule has 0 unspecified atom stereocenters. The zero-order chi connectivity index (χ0) is 22.2. The Labute approximate surface area is 179 Å². The van der Waals surface area contributed by atoms with Gasteiger partial charge in [0.25, 0.3) is 5.91 Å². The molecule has 2 amide bonds. The second-order valence-corrected chi connectivity index (χ2v) is 6.98. The minimum absolute atomic E-state index is 0.0846. The summed E-state index contributed by atoms with van der Waals surface area (Å²) in [5.41, 5.74) is 1.25. The van der Waals surface area contributed by atoms with E-state index >= 15 is 0 Å². The number of rotatable bonds is 2. The monoisotopic (exact) mass is 426 g/mol. The van der Waals surface area contributed by atoms with E-state index < -0.39 is 23.7 Å². The smallest absolute Gasteiger partial charge is 0.264 e. The average molecular weight is 426 g/mol. The molecule has 1 aliphatic heterocycles. The van der Waals surface area contributed by atoms with Gasteiger partial charge in [0.1, 0.15) is 30.8 Å². The topological polar surface area (TPSA) is 94.9 Å². The van der Waals surface area contributed by atoms with Gasteiger partial charge >= 0.3 is 0 Å². The Morgan fingerprint density at radius 2 is 1.97 bits per heavy atom. The van der Waals surface area contributed by atoms with Crippen LogP contribution in [0.25, 0.3) is 0 Å². The van der Waals surface area contributed by atoms with Crippen LogP contribution in [0.3, 0.4) is 0 Å². The summed E-state index contributed by atoms with van der Waals surface area (Å²) in [6, 6.07) is 12.3. The number of carbonyl (C=O) groups excluding carboxylic acids is 2. The third-order valence-electron chi connectivity index (χ3n) is 4.77. The largest absolute Gasteiger partial charge is 0.491 e. The highest BCUT2D eigenvalue weighted by Gasteiger charge is 2.28. The van der Waals surface area contributed by atoms with E-state index in [1.807, 2.05) is 36.5 Å². The van der Waals surface area contributed by atoms with Crippen LogP contribution in [-0.4, -0.2) is 54.7 Å². The Morgan fingerprint density at radius 1 is 1.19 bits per heavy atom. The van der Waals surface area contributed by atoms with Crippen molar-refractivity contribution in [2.45, 2.75) is 19.0 Å². The van der Waals surface area contributed by atoms with Gasteiger partial charge in [-0.15, -0.1) is 0 Å². The normalized spacial score (nSPS) is 18.3. The molecule has 0 aliphatic carbocycles. The number of nitriles is 1. The molecule has 2 aromatic carbocycles. The number of ether oxygens (including phenoxy) is 2. The molecule has 9 heteroatoms. The molecule has 0 spiro atoms. The molecule has 162 valence electrons. The number of hydrogen-bond donors (Lipinski definition) is 1. The number of hydrazine groups is 1. The molecule has 0 saturated heterocycles. The first-order valence-corrected chi connectivity index (χ1v) is 9.75. The fraction of sp³-hybridized carbons (Fsp3) is 0.318. The average Bonchev–Trinajstić information content (AvgIpc) is 2.77. The highest BCUT2D eigenvalue weighted by atomic mass is 19.1. The van der Waals surface area contributed by atoms with Crippen molar-refractivity contribution in [3.8, 4) is 11.9 Å². The lowest BCUT2D eigenvalue weighted by Gasteiger charge is -2.31. The van der Waals surface area contributed by atoms with Gasteiger partial charge in [0.2, 0.25) is 5.91 Å². The van der Waals surface area contributed by atoms with E-state index in [2.05, 4.69) is 5.32 Å². The van der Waals surface area contributed by atoms with Crippen LogP contribution in [0, 0.1) is 17.3 Å². The van der Waals surface area contributed by atoms with Gasteiger partial charge in [-0.05, 0) is 23.8 Å². The summed E-state index contributed by atoms with van der Waals surface area (Å²) in [5.74, 6) is -1.06. The number of nitrogens with zero attached hydrogens (tertiary/aromatic N) is 3. The van der Waals surface area contributed by atoms with Crippen LogP contribution in [-0.2, 0) is 27.3 Å². The minimum Gasteiger partial charge on any atom is -0.491 e. The zero-order valence-electron chi connectivity index (χ0n) is 17.1. The number of likely N-dealkylation sites (N-methyl/N-ethyl adjacent to an activating group) is 1. The molecule has 0 aromatic heterocycles. The third kappa shape index (κ3) is 5.93. The lowest BCUT2D eigenvalue weighted by atomic mass is 10.1. The van der Waals surface area contributed by atoms with Crippen molar-refractivity contribution in [3.05, 3.63) is 65.5 Å². The van der Waals surface area contributed by atoms with Crippen LogP contribution in [0.4, 0.5) is 4.39 Å². The van der Waals surface area contributed by atoms with Gasteiger partial charge in [-0.1, -0.05) is 30.3 Å². The molecule has 1 aliphatic rings. The molecule has 0 fully saturated rings. The molecule has 1 N–H and O–H groups in total. The van der Waals surface area contributed by atoms with Gasteiger partial charge in [-0.3, -0.25) is 9.59 Å². The van der Waals surface area contributed by atoms with E-state index in [9.17, 15) is 19.2 Å². The second kappa shape index (κ2) is 10.4. The number of amides is 2. The summed E-state index contributed by atoms with van der Waals surface area (Å²) in [5, 5.41) is 14.5. The summed E-state index contributed by atoms with van der Waals surface area (Å²) in [4.78, 5) is 25.5. The Morgan fingerprint density at radius 3 is 2.71 bits per heavy atom. The van der Waals surface area contributed by atoms with Crippen LogP contribution in [0.1, 0.15) is 11.1 Å². The molecular weight excluding hydrogens is 403 g/mol. The minimum atomic E-state index is -0.912. The van der Waals surface area contributed by atoms with Crippen LogP contribution in [0.15, 0.2) is 48.5 Å². The maximum atomic E-state index is 13.8. The fourth-order valence-electron chi connectivity index (χ4n) is 3.19. The quantitative estimate of drug-likeness (QED) is 0.734. The molecule has 31 heavy (non-hydrogen) atoms. The zero-order valence-corrected chi connectivity index (χ0v) is 17.1. The number of carbonyl (C=O) groups is 2. The lowest BCUT2D eigenvalue weighted by Crippen LogP contribution is -2.53. The summed E-state index contributed by atoms with van der Waals surface area (Å²) < 4.78 is 24.8. The summed E-state index contributed by atoms with van der Waals surface area (Å²) in [6.45, 7) is -0.0628. The highest BCUT2D eigenvalue weighted by molar-refractivity contribution is 5.88. The standard InChI is InChI=1S/C22H23FN4O4/c1-26-22(29)19(11-16-5-3-2-4-6-16)25-21(28)14-30-9-10-31-20-8-7-18(23)12-17(20)13-27(26)15-24/h2-8,12,19H,9-11,13-14H2,1H3,(H,25,28)/t19-/m0/s1. The van der Waals surface area contributed by atoms with E-state index in [0.29, 0.717) is 11.3 Å². The molecule has 3 rings (SSSR count). The first-order valence-electron chi connectivity index (χ1n) is 9.75. The maximum absolute atomic E-state index is 13.8. The van der Waals surface area contributed by atoms with Crippen molar-refractivity contribution in [2.24, 2.45) is 0 Å². The number of benzene rings is 2. The van der Waals surface area contributed by atoms with Gasteiger partial charge in [-0.2, -0.15) is 5.26 Å². The van der Waals surface area contributed by atoms with Crippen molar-refractivity contribution < 1.29 is 23.5 Å². The summed E-state index contributed by atoms with van der Waals surface area (Å²) in [6.07, 6.45) is 2.18. The van der Waals surface area contributed by atoms with E-state index in [1.165, 1.54) is 25.2 Å². The molecule has 1 atom stereocenters. The third-order valence-corrected chi connectivity index (χ3v) is 4.77. The Bertz CT molecular complexity index is 964. The van der Waals surface area contributed by atoms with E-state index in [0.717, 1.165) is 15.6 Å². The van der Waals surface area contributed by atoms with Gasteiger partial charge in [-0.25, -0.2) is 14.4 Å². The Kier molecular flexibility index (Phi) is 7.40. The molecule has 8 nitrogen and oxygen atoms in total. The van der Waals surface area contributed by atoms with E-state index in [1.54, 1.807) is 0 Å². The van der Waals surface area contributed by atoms with Crippen molar-refractivity contribution in [1.82, 2.24) is 15.3 Å². The predicted molar refractivity (Wildman–Crippen MR) is 109 cm³/mol. The number of nitrogens with one attached hydrogen (secondary N) is 1. The SMILES string of the molecule is CN1C(=O)[C@H](Cc2ccccc2)NC(=O)COCCOc2ccc(F)cc2CN1C#N. The van der Waals surface area contributed by atoms with Crippen molar-refractivity contribution in [1.29, 1.82) is 5.26 Å². The van der Waals surface area contributed by atoms with Crippen molar-refractivity contribution in [3.63, 3.8) is 0 Å². The lowest BCUT2D eigenvalue weighted by molar-refractivity contribution is -0.146. The highest BCUT2D eigenvalue weighted by Crippen LogP contribution is 2.22. The van der Waals surface area contributed by atoms with Crippen molar-refractivity contribution >= 4 is 11.8 Å². The van der Waals surface area contributed by atoms with Crippen LogP contribution in [0.5, 0.6) is 5.75 Å². The molecule has 1 heterocycles. The molecule has 0 saturated carbocycles. The Hall–Kier alpha value is -3.64. The van der Waals surface area contributed by atoms with E-state index in [4.69, 9.17) is 9.47 Å².